The van der Waals surface area contributed by atoms with E-state index in [9.17, 15) is 18.5 Å². The Morgan fingerprint density at radius 2 is 1.65 bits per heavy atom. The second-order valence-corrected chi connectivity index (χ2v) is 7.34. The highest BCUT2D eigenvalue weighted by atomic mass is 32.2. The smallest absolute Gasteiger partial charge is 0.290 e. The van der Waals surface area contributed by atoms with Gasteiger partial charge in [-0.1, -0.05) is 18.2 Å². The molecule has 1 aliphatic rings. The van der Waals surface area contributed by atoms with E-state index in [-0.39, 0.29) is 15.5 Å². The molecule has 0 aromatic heterocycles. The maximum absolute atomic E-state index is 12.7. The van der Waals surface area contributed by atoms with Crippen molar-refractivity contribution in [3.05, 3.63) is 58.6 Å². The SMILES string of the molecule is O=[N+]([O-])c1cc(N2CCCC2)ccc1S(=O)(=O)c1ccccc1. The number of benzene rings is 2. The Bertz CT molecular complexity index is 828. The average molecular weight is 332 g/mol. The van der Waals surface area contributed by atoms with Crippen LogP contribution in [0.15, 0.2) is 58.3 Å². The highest BCUT2D eigenvalue weighted by Gasteiger charge is 2.28. The van der Waals surface area contributed by atoms with Crippen LogP contribution < -0.4 is 4.90 Å². The molecule has 0 atom stereocenters. The Labute approximate surface area is 134 Å². The van der Waals surface area contributed by atoms with Crippen LogP contribution in [0.4, 0.5) is 11.4 Å². The number of nitro benzene ring substituents is 1. The average Bonchev–Trinajstić information content (AvgIpc) is 3.09. The normalized spacial score (nSPS) is 14.9. The van der Waals surface area contributed by atoms with E-state index in [0.717, 1.165) is 25.9 Å². The number of nitrogens with zero attached hydrogens (tertiary/aromatic N) is 2. The number of rotatable bonds is 4. The van der Waals surface area contributed by atoms with Gasteiger partial charge in [0.2, 0.25) is 9.84 Å². The van der Waals surface area contributed by atoms with E-state index in [4.69, 9.17) is 0 Å². The van der Waals surface area contributed by atoms with E-state index in [1.807, 2.05) is 4.90 Å². The Hall–Kier alpha value is -2.41. The van der Waals surface area contributed by atoms with Crippen LogP contribution in [0.5, 0.6) is 0 Å². The fourth-order valence-corrected chi connectivity index (χ4v) is 4.20. The first kappa shape index (κ1) is 15.5. The lowest BCUT2D eigenvalue weighted by molar-refractivity contribution is -0.387. The van der Waals surface area contributed by atoms with Crippen LogP contribution >= 0.6 is 0 Å². The lowest BCUT2D eigenvalue weighted by Gasteiger charge is -2.17. The molecule has 6 nitrogen and oxygen atoms in total. The molecule has 0 unspecified atom stereocenters. The van der Waals surface area contributed by atoms with E-state index < -0.39 is 14.8 Å². The van der Waals surface area contributed by atoms with E-state index in [2.05, 4.69) is 0 Å². The van der Waals surface area contributed by atoms with Crippen molar-refractivity contribution in [2.24, 2.45) is 0 Å². The lowest BCUT2D eigenvalue weighted by atomic mass is 10.2. The van der Waals surface area contributed by atoms with Crippen molar-refractivity contribution in [2.75, 3.05) is 18.0 Å². The molecule has 120 valence electrons. The maximum atomic E-state index is 12.7. The van der Waals surface area contributed by atoms with Gasteiger partial charge in [-0.15, -0.1) is 0 Å². The third kappa shape index (κ3) is 2.92. The first-order valence-corrected chi connectivity index (χ1v) is 8.82. The monoisotopic (exact) mass is 332 g/mol. The molecule has 0 radical (unpaired) electrons. The van der Waals surface area contributed by atoms with Gasteiger partial charge in [0.1, 0.15) is 4.90 Å². The van der Waals surface area contributed by atoms with Crippen LogP contribution in [0.1, 0.15) is 12.8 Å². The first-order chi connectivity index (χ1) is 11.0. The van der Waals surface area contributed by atoms with Crippen LogP contribution in [0.2, 0.25) is 0 Å². The topological polar surface area (TPSA) is 80.5 Å². The maximum Gasteiger partial charge on any atom is 0.290 e. The summed E-state index contributed by atoms with van der Waals surface area (Å²) in [5.74, 6) is 0. The Balaban J connectivity index is 2.10. The lowest BCUT2D eigenvalue weighted by Crippen LogP contribution is -2.18. The zero-order chi connectivity index (χ0) is 16.4. The number of hydrogen-bond donors (Lipinski definition) is 0. The summed E-state index contributed by atoms with van der Waals surface area (Å²) in [5.41, 5.74) is 0.319. The van der Waals surface area contributed by atoms with E-state index >= 15 is 0 Å². The van der Waals surface area contributed by atoms with Gasteiger partial charge >= 0.3 is 0 Å². The summed E-state index contributed by atoms with van der Waals surface area (Å²) in [6.07, 6.45) is 2.08. The first-order valence-electron chi connectivity index (χ1n) is 7.34. The minimum atomic E-state index is -3.92. The highest BCUT2D eigenvalue weighted by molar-refractivity contribution is 7.91. The molecule has 0 N–H and O–H groups in total. The molecule has 1 fully saturated rings. The molecule has 0 spiro atoms. The summed E-state index contributed by atoms with van der Waals surface area (Å²) in [6, 6.07) is 12.1. The van der Waals surface area contributed by atoms with Gasteiger partial charge in [0.25, 0.3) is 5.69 Å². The zero-order valence-electron chi connectivity index (χ0n) is 12.4. The summed E-state index contributed by atoms with van der Waals surface area (Å²) in [6.45, 7) is 1.67. The van der Waals surface area contributed by atoms with Crippen LogP contribution in [0.3, 0.4) is 0 Å². The van der Waals surface area contributed by atoms with Crippen molar-refractivity contribution in [1.82, 2.24) is 0 Å². The third-order valence-corrected chi connectivity index (χ3v) is 5.77. The van der Waals surface area contributed by atoms with E-state index in [1.54, 1.807) is 24.3 Å². The minimum absolute atomic E-state index is 0.0528. The van der Waals surface area contributed by atoms with Crippen molar-refractivity contribution < 1.29 is 13.3 Å². The Kier molecular flexibility index (Phi) is 4.04. The van der Waals surface area contributed by atoms with Gasteiger partial charge < -0.3 is 4.90 Å². The van der Waals surface area contributed by atoms with Gasteiger partial charge in [-0.05, 0) is 37.1 Å². The summed E-state index contributed by atoms with van der Waals surface area (Å²) in [7, 11) is -3.92. The van der Waals surface area contributed by atoms with Gasteiger partial charge in [-0.25, -0.2) is 8.42 Å². The number of sulfone groups is 1. The van der Waals surface area contributed by atoms with Crippen molar-refractivity contribution in [2.45, 2.75) is 22.6 Å². The summed E-state index contributed by atoms with van der Waals surface area (Å²) >= 11 is 0. The van der Waals surface area contributed by atoms with E-state index in [0.29, 0.717) is 5.69 Å². The number of anilines is 1. The van der Waals surface area contributed by atoms with Gasteiger partial charge in [0.15, 0.2) is 0 Å². The van der Waals surface area contributed by atoms with Crippen molar-refractivity contribution in [3.63, 3.8) is 0 Å². The highest BCUT2D eigenvalue weighted by Crippen LogP contribution is 2.33. The summed E-state index contributed by atoms with van der Waals surface area (Å²) in [4.78, 5) is 12.6. The van der Waals surface area contributed by atoms with Crippen molar-refractivity contribution in [3.8, 4) is 0 Å². The van der Waals surface area contributed by atoms with E-state index in [1.165, 1.54) is 24.3 Å². The molecule has 2 aromatic carbocycles. The molecule has 2 aromatic rings. The molecule has 0 saturated carbocycles. The fraction of sp³-hybridized carbons (Fsp3) is 0.250. The molecule has 0 aliphatic carbocycles. The van der Waals surface area contributed by atoms with Crippen LogP contribution in [0, 0.1) is 10.1 Å². The molecular weight excluding hydrogens is 316 g/mol. The van der Waals surface area contributed by atoms with Gasteiger partial charge in [-0.2, -0.15) is 0 Å². The number of hydrogen-bond acceptors (Lipinski definition) is 5. The molecular formula is C16H16N2O4S. The Morgan fingerprint density at radius 1 is 1.00 bits per heavy atom. The van der Waals surface area contributed by atoms with Crippen molar-refractivity contribution in [1.29, 1.82) is 0 Å². The van der Waals surface area contributed by atoms with Gasteiger partial charge in [-0.3, -0.25) is 10.1 Å². The summed E-state index contributed by atoms with van der Waals surface area (Å²) < 4.78 is 25.3. The fourth-order valence-electron chi connectivity index (χ4n) is 2.77. The molecule has 1 heterocycles. The number of nitro groups is 1. The zero-order valence-corrected chi connectivity index (χ0v) is 13.2. The second-order valence-electron chi connectivity index (χ2n) is 5.42. The quantitative estimate of drug-likeness (QED) is 0.635. The second kappa shape index (κ2) is 6.00. The Morgan fingerprint density at radius 3 is 2.26 bits per heavy atom. The molecule has 23 heavy (non-hydrogen) atoms. The largest absolute Gasteiger partial charge is 0.371 e. The van der Waals surface area contributed by atoms with Crippen LogP contribution in [-0.4, -0.2) is 26.4 Å². The standard InChI is InChI=1S/C16H16N2O4S/c19-18(20)15-12-13(17-10-4-5-11-17)8-9-16(15)23(21,22)14-6-2-1-3-7-14/h1-3,6-9,12H,4-5,10-11H2. The third-order valence-electron chi connectivity index (χ3n) is 3.95. The molecule has 7 heteroatoms. The molecule has 0 amide bonds. The van der Waals surface area contributed by atoms with Gasteiger partial charge in [0, 0.05) is 24.8 Å². The van der Waals surface area contributed by atoms with Gasteiger partial charge in [0.05, 0.1) is 9.82 Å². The van der Waals surface area contributed by atoms with Crippen LogP contribution in [0.25, 0.3) is 0 Å². The summed E-state index contributed by atoms with van der Waals surface area (Å²) in [5, 5.41) is 11.4. The van der Waals surface area contributed by atoms with Crippen LogP contribution in [-0.2, 0) is 9.84 Å². The predicted octanol–water partition coefficient (Wildman–Crippen LogP) is 3.03. The minimum Gasteiger partial charge on any atom is -0.371 e. The van der Waals surface area contributed by atoms with Crippen molar-refractivity contribution >= 4 is 21.2 Å². The predicted molar refractivity (Wildman–Crippen MR) is 86.4 cm³/mol. The molecule has 0 bridgehead atoms. The molecule has 1 saturated heterocycles. The molecule has 1 aliphatic heterocycles. The molecule has 3 rings (SSSR count).